The van der Waals surface area contributed by atoms with Gasteiger partial charge in [-0.3, -0.25) is 19.4 Å². The van der Waals surface area contributed by atoms with Crippen LogP contribution in [0.25, 0.3) is 11.1 Å². The van der Waals surface area contributed by atoms with Gasteiger partial charge in [-0.2, -0.15) is 0 Å². The molecule has 220 valence electrons. The third-order valence-electron chi connectivity index (χ3n) is 7.98. The van der Waals surface area contributed by atoms with E-state index in [-0.39, 0.29) is 25.3 Å². The van der Waals surface area contributed by atoms with Crippen molar-refractivity contribution in [2.24, 2.45) is 5.41 Å². The summed E-state index contributed by atoms with van der Waals surface area (Å²) in [5.41, 5.74) is 1.73. The molecule has 2 fully saturated rings. The topological polar surface area (TPSA) is 112 Å². The molecule has 1 aromatic carbocycles. The number of carbonyl (C=O) groups is 3. The Kier molecular flexibility index (Phi) is 8.42. The number of aliphatic hydroxyl groups is 1. The predicted octanol–water partition coefficient (Wildman–Crippen LogP) is 3.13. The van der Waals surface area contributed by atoms with Gasteiger partial charge in [0.05, 0.1) is 24.0 Å². The number of halogens is 2. The average molecular weight is 569 g/mol. The van der Waals surface area contributed by atoms with Crippen LogP contribution in [0.5, 0.6) is 0 Å². The Hall–Kier alpha value is -3.58. The van der Waals surface area contributed by atoms with E-state index >= 15 is 4.39 Å². The number of β-amino-alcohol motifs (C(OH)–C–C–N with tert-alkyl or cyclic N) is 1. The van der Waals surface area contributed by atoms with Crippen LogP contribution in [0.3, 0.4) is 0 Å². The van der Waals surface area contributed by atoms with E-state index < -0.39 is 59.7 Å². The van der Waals surface area contributed by atoms with Gasteiger partial charge in [0.15, 0.2) is 11.8 Å². The zero-order chi connectivity index (χ0) is 30.3. The van der Waals surface area contributed by atoms with Gasteiger partial charge in [-0.25, -0.2) is 8.78 Å². The number of aliphatic hydroxyl groups excluding tert-OH is 1. The van der Waals surface area contributed by atoms with E-state index in [0.717, 1.165) is 32.8 Å². The van der Waals surface area contributed by atoms with Crippen LogP contribution >= 0.6 is 0 Å². The minimum Gasteiger partial charge on any atom is -0.388 e. The fourth-order valence-electron chi connectivity index (χ4n) is 5.24. The van der Waals surface area contributed by atoms with Crippen LogP contribution in [0, 0.1) is 31.4 Å². The van der Waals surface area contributed by atoms with Crippen molar-refractivity contribution < 1.29 is 28.3 Å². The Morgan fingerprint density at radius 1 is 1.24 bits per heavy atom. The fourth-order valence-corrected chi connectivity index (χ4v) is 5.24. The van der Waals surface area contributed by atoms with Crippen molar-refractivity contribution in [1.82, 2.24) is 20.5 Å². The molecule has 10 heteroatoms. The van der Waals surface area contributed by atoms with Crippen molar-refractivity contribution in [3.8, 4) is 11.1 Å². The second-order valence-electron chi connectivity index (χ2n) is 12.4. The number of benzene rings is 1. The lowest BCUT2D eigenvalue weighted by Crippen LogP contribution is -2.59. The van der Waals surface area contributed by atoms with Crippen LogP contribution in [0.15, 0.2) is 24.4 Å². The molecule has 3 N–H and O–H groups in total. The molecule has 3 amide bonds. The van der Waals surface area contributed by atoms with E-state index in [2.05, 4.69) is 27.8 Å². The monoisotopic (exact) mass is 568 g/mol. The number of alkyl halides is 2. The Morgan fingerprint density at radius 3 is 2.51 bits per heavy atom. The van der Waals surface area contributed by atoms with E-state index in [9.17, 15) is 23.9 Å². The lowest BCUT2D eigenvalue weighted by molar-refractivity contribution is -0.145. The fraction of sp³-hybridized carbons (Fsp3) is 0.548. The molecule has 2 aromatic rings. The molecule has 8 nitrogen and oxygen atoms in total. The molecule has 2 heterocycles. The third kappa shape index (κ3) is 6.35. The van der Waals surface area contributed by atoms with Crippen LogP contribution in [0.4, 0.5) is 8.78 Å². The number of rotatable bonds is 8. The number of nitrogens with one attached hydrogen (secondary N) is 2. The van der Waals surface area contributed by atoms with E-state index in [0.29, 0.717) is 0 Å². The highest BCUT2D eigenvalue weighted by Crippen LogP contribution is 2.40. The summed E-state index contributed by atoms with van der Waals surface area (Å²) in [6.45, 7) is 10.6. The zero-order valence-corrected chi connectivity index (χ0v) is 24.3. The maximum Gasteiger partial charge on any atom is 0.258 e. The average Bonchev–Trinajstić information content (AvgIpc) is 3.59. The molecule has 5 atom stereocenters. The smallest absolute Gasteiger partial charge is 0.258 e. The van der Waals surface area contributed by atoms with Crippen molar-refractivity contribution in [2.45, 2.75) is 90.3 Å². The number of aryl methyl sites for hydroxylation is 2. The molecular formula is C31H38F2N4O4. The molecule has 3 unspecified atom stereocenters. The molecule has 1 aromatic heterocycles. The molecule has 0 bridgehead atoms. The summed E-state index contributed by atoms with van der Waals surface area (Å²) in [6, 6.07) is 9.08. The van der Waals surface area contributed by atoms with Gasteiger partial charge in [-0.05, 0) is 60.8 Å². The van der Waals surface area contributed by atoms with Crippen LogP contribution in [-0.4, -0.2) is 75.8 Å². The highest BCUT2D eigenvalue weighted by atomic mass is 19.1. The summed E-state index contributed by atoms with van der Waals surface area (Å²) in [5, 5.41) is 15.5. The molecule has 41 heavy (non-hydrogen) atoms. The molecule has 1 aliphatic heterocycles. The van der Waals surface area contributed by atoms with E-state index in [4.69, 9.17) is 0 Å². The van der Waals surface area contributed by atoms with E-state index in [1.54, 1.807) is 27.0 Å². The van der Waals surface area contributed by atoms with Crippen molar-refractivity contribution in [2.75, 3.05) is 13.1 Å². The number of aromatic nitrogens is 1. The first kappa shape index (κ1) is 30.4. The highest BCUT2D eigenvalue weighted by Gasteiger charge is 2.54. The molecular weight excluding hydrogens is 530 g/mol. The Morgan fingerprint density at radius 2 is 1.93 bits per heavy atom. The van der Waals surface area contributed by atoms with Crippen molar-refractivity contribution in [3.05, 3.63) is 53.3 Å². The summed E-state index contributed by atoms with van der Waals surface area (Å²) in [4.78, 5) is 44.5. The van der Waals surface area contributed by atoms with Gasteiger partial charge in [-0.15, -0.1) is 0 Å². The Bertz CT molecular complexity index is 1320. The highest BCUT2D eigenvalue weighted by molar-refractivity contribution is 5.96. The van der Waals surface area contributed by atoms with Crippen LogP contribution in [0.1, 0.15) is 63.3 Å². The largest absolute Gasteiger partial charge is 0.388 e. The maximum atomic E-state index is 15.2. The number of amides is 3. The summed E-state index contributed by atoms with van der Waals surface area (Å²) < 4.78 is 29.5. The van der Waals surface area contributed by atoms with Crippen LogP contribution in [-0.2, 0) is 14.4 Å². The van der Waals surface area contributed by atoms with Gasteiger partial charge < -0.3 is 20.6 Å². The first-order valence-electron chi connectivity index (χ1n) is 13.9. The zero-order valence-electron chi connectivity index (χ0n) is 24.3. The predicted molar refractivity (Wildman–Crippen MR) is 149 cm³/mol. The SMILES string of the molecule is Cc1cc(-c2c#ccnc2C)ccc1C(C)CNC(=O)C1[C@@H](F)[C@@H](O)CN1C(=O)C(NC(=O)C1(F)CC1)C(C)(C)C. The summed E-state index contributed by atoms with van der Waals surface area (Å²) in [5.74, 6) is -2.53. The van der Waals surface area contributed by atoms with E-state index in [1.807, 2.05) is 39.0 Å². The van der Waals surface area contributed by atoms with Gasteiger partial charge >= 0.3 is 0 Å². The normalized spacial score (nSPS) is 22.9. The molecule has 0 radical (unpaired) electrons. The molecule has 1 saturated carbocycles. The minimum atomic E-state index is -2.02. The summed E-state index contributed by atoms with van der Waals surface area (Å²) in [7, 11) is 0. The third-order valence-corrected chi connectivity index (χ3v) is 7.98. The van der Waals surface area contributed by atoms with Crippen molar-refractivity contribution in [1.29, 1.82) is 0 Å². The molecule has 0 spiro atoms. The van der Waals surface area contributed by atoms with Gasteiger partial charge in [0, 0.05) is 6.54 Å². The molecule has 1 saturated heterocycles. The lowest BCUT2D eigenvalue weighted by Gasteiger charge is -2.35. The van der Waals surface area contributed by atoms with Gasteiger partial charge in [0.25, 0.3) is 5.91 Å². The number of nitrogens with zero attached hydrogens (tertiary/aromatic N) is 2. The number of hydrogen-bond acceptors (Lipinski definition) is 5. The molecule has 2 aliphatic rings. The van der Waals surface area contributed by atoms with Gasteiger partial charge in [0.2, 0.25) is 11.8 Å². The van der Waals surface area contributed by atoms with Gasteiger partial charge in [0.1, 0.15) is 18.2 Å². The van der Waals surface area contributed by atoms with Gasteiger partial charge in [-0.1, -0.05) is 52.0 Å². The standard InChI is InChI=1S/C31H38F2N4O4/c1-17-14-20(22-8-7-13-34-19(22)3)9-10-21(17)18(2)15-35-27(39)25-24(32)23(38)16-37(25)28(40)26(30(4,5)6)36-29(41)31(33)11-12-31/h9-10,13-14,18,23-26,38H,11-12,15-16H2,1-6H3,(H,35,39)(H,36,41)/t18?,23-,24-,25?,26?/m0/s1. The second-order valence-corrected chi connectivity index (χ2v) is 12.4. The first-order chi connectivity index (χ1) is 19.1. The minimum absolute atomic E-state index is 0.0738. The number of hydrogen-bond donors (Lipinski definition) is 3. The molecule has 1 aliphatic carbocycles. The number of likely N-dealkylation sites (tertiary alicyclic amines) is 1. The molecule has 4 rings (SSSR count). The summed E-state index contributed by atoms with van der Waals surface area (Å²) in [6.07, 6.45) is -1.87. The number of carbonyl (C=O) groups excluding carboxylic acids is 3. The Balaban J connectivity index is 1.46. The van der Waals surface area contributed by atoms with Crippen LogP contribution in [0.2, 0.25) is 0 Å². The quantitative estimate of drug-likeness (QED) is 0.453. The van der Waals surface area contributed by atoms with E-state index in [1.165, 1.54) is 0 Å². The second kappa shape index (κ2) is 11.4. The first-order valence-corrected chi connectivity index (χ1v) is 13.9. The Labute approximate surface area is 239 Å². The lowest BCUT2D eigenvalue weighted by atomic mass is 9.85. The summed E-state index contributed by atoms with van der Waals surface area (Å²) >= 11 is 0. The van der Waals surface area contributed by atoms with Crippen molar-refractivity contribution in [3.63, 3.8) is 0 Å². The van der Waals surface area contributed by atoms with Crippen molar-refractivity contribution >= 4 is 17.7 Å². The van der Waals surface area contributed by atoms with Crippen LogP contribution < -0.4 is 10.6 Å². The maximum absolute atomic E-state index is 15.2.